The summed E-state index contributed by atoms with van der Waals surface area (Å²) in [4.78, 5) is 16.3. The Bertz CT molecular complexity index is 549. The minimum atomic E-state index is -0.379. The zero-order valence-electron chi connectivity index (χ0n) is 15.2. The molecular weight excluding hydrogens is 324 g/mol. The third-order valence-electron chi connectivity index (χ3n) is 3.42. The Morgan fingerprint density at radius 2 is 1.83 bits per heavy atom. The first-order chi connectivity index (χ1) is 11.2. The maximum absolute atomic E-state index is 11.8. The topological polar surface area (TPSA) is 65.5 Å². The molecule has 0 aliphatic heterocycles. The molecule has 1 rings (SSSR count). The molecule has 0 spiro atoms. The number of hydrogen-bond acceptors (Lipinski definition) is 2. The van der Waals surface area contributed by atoms with E-state index in [-0.39, 0.29) is 17.4 Å². The number of carbonyl (C=O) groups excluding carboxylic acids is 1. The fraction of sp³-hybridized carbons (Fsp3) is 0.556. The van der Waals surface area contributed by atoms with Gasteiger partial charge in [0.25, 0.3) is 0 Å². The molecule has 0 heterocycles. The first-order valence-corrected chi connectivity index (χ1v) is 8.70. The van der Waals surface area contributed by atoms with Crippen LogP contribution < -0.4 is 16.0 Å². The van der Waals surface area contributed by atoms with E-state index in [2.05, 4.69) is 27.9 Å². The molecule has 1 aromatic rings. The van der Waals surface area contributed by atoms with Crippen molar-refractivity contribution in [2.45, 2.75) is 40.7 Å². The summed E-state index contributed by atoms with van der Waals surface area (Å²) in [5, 5.41) is 10.2. The van der Waals surface area contributed by atoms with E-state index in [0.717, 1.165) is 23.1 Å². The number of nitrogens with one attached hydrogen (secondary N) is 3. The summed E-state index contributed by atoms with van der Waals surface area (Å²) < 4.78 is 0. The van der Waals surface area contributed by atoms with Crippen molar-refractivity contribution in [3.8, 4) is 0 Å². The van der Waals surface area contributed by atoms with Crippen LogP contribution in [0.3, 0.4) is 0 Å². The average Bonchev–Trinajstić information content (AvgIpc) is 2.51. The van der Waals surface area contributed by atoms with Crippen LogP contribution in [0.15, 0.2) is 29.3 Å². The van der Waals surface area contributed by atoms with Gasteiger partial charge in [0, 0.05) is 23.5 Å². The van der Waals surface area contributed by atoms with Crippen molar-refractivity contribution in [2.75, 3.05) is 19.6 Å². The molecule has 6 heteroatoms. The number of guanidine groups is 1. The number of aliphatic imine (C=N–C) groups is 1. The Morgan fingerprint density at radius 1 is 1.21 bits per heavy atom. The molecule has 0 bridgehead atoms. The van der Waals surface area contributed by atoms with Crippen molar-refractivity contribution in [2.24, 2.45) is 10.4 Å². The molecule has 24 heavy (non-hydrogen) atoms. The maximum Gasteiger partial charge on any atom is 0.225 e. The summed E-state index contributed by atoms with van der Waals surface area (Å²) >= 11 is 5.92. The van der Waals surface area contributed by atoms with E-state index in [0.29, 0.717) is 13.1 Å². The summed E-state index contributed by atoms with van der Waals surface area (Å²) in [6.45, 7) is 11.6. The Morgan fingerprint density at radius 3 is 2.38 bits per heavy atom. The molecule has 0 aromatic heterocycles. The van der Waals surface area contributed by atoms with Crippen LogP contribution >= 0.6 is 11.6 Å². The summed E-state index contributed by atoms with van der Waals surface area (Å²) in [5.74, 6) is 0.759. The van der Waals surface area contributed by atoms with Gasteiger partial charge in [0.1, 0.15) is 0 Å². The molecule has 0 saturated carbocycles. The second-order valence-electron chi connectivity index (χ2n) is 6.68. The minimum Gasteiger partial charge on any atom is -0.357 e. The number of rotatable bonds is 6. The summed E-state index contributed by atoms with van der Waals surface area (Å²) in [6, 6.07) is 7.84. The maximum atomic E-state index is 11.8. The standard InChI is InChI=1S/C18H29ClN4O/c1-6-20-17(22-12-11-21-16(24)18(3,4)5)23-13(2)14-7-9-15(19)10-8-14/h7-10,13H,6,11-12H2,1-5H3,(H,21,24)(H2,20,22,23). The normalized spacial score (nSPS) is 13.3. The van der Waals surface area contributed by atoms with Crippen molar-refractivity contribution >= 4 is 23.5 Å². The summed E-state index contributed by atoms with van der Waals surface area (Å²) in [7, 11) is 0. The van der Waals surface area contributed by atoms with Crippen LogP contribution in [0.25, 0.3) is 0 Å². The predicted molar refractivity (Wildman–Crippen MR) is 101 cm³/mol. The Labute approximate surface area is 150 Å². The Kier molecular flexibility index (Phi) is 8.05. The van der Waals surface area contributed by atoms with Crippen LogP contribution in [0.5, 0.6) is 0 Å². The highest BCUT2D eigenvalue weighted by Crippen LogP contribution is 2.15. The molecular formula is C18H29ClN4O. The second kappa shape index (κ2) is 9.52. The molecule has 134 valence electrons. The first-order valence-electron chi connectivity index (χ1n) is 8.32. The van der Waals surface area contributed by atoms with E-state index >= 15 is 0 Å². The molecule has 0 saturated heterocycles. The third kappa shape index (κ3) is 7.21. The first kappa shape index (κ1) is 20.3. The van der Waals surface area contributed by atoms with Gasteiger partial charge in [-0.1, -0.05) is 44.5 Å². The molecule has 3 N–H and O–H groups in total. The van der Waals surface area contributed by atoms with Crippen LogP contribution in [0, 0.1) is 5.41 Å². The van der Waals surface area contributed by atoms with Crippen LogP contribution in [0.2, 0.25) is 5.02 Å². The highest BCUT2D eigenvalue weighted by Gasteiger charge is 2.20. The molecule has 1 amide bonds. The van der Waals surface area contributed by atoms with E-state index in [4.69, 9.17) is 11.6 Å². The number of carbonyl (C=O) groups is 1. The van der Waals surface area contributed by atoms with Gasteiger partial charge in [-0.25, -0.2) is 0 Å². The van der Waals surface area contributed by atoms with Crippen LogP contribution in [-0.2, 0) is 4.79 Å². The van der Waals surface area contributed by atoms with Crippen molar-refractivity contribution in [1.29, 1.82) is 0 Å². The fourth-order valence-electron chi connectivity index (χ4n) is 1.96. The highest BCUT2D eigenvalue weighted by molar-refractivity contribution is 6.30. The number of amides is 1. The fourth-order valence-corrected chi connectivity index (χ4v) is 2.09. The Balaban J connectivity index is 2.56. The quantitative estimate of drug-likeness (QED) is 0.418. The van der Waals surface area contributed by atoms with Gasteiger partial charge in [-0.3, -0.25) is 9.79 Å². The zero-order valence-corrected chi connectivity index (χ0v) is 16.0. The van der Waals surface area contributed by atoms with E-state index in [9.17, 15) is 4.79 Å². The van der Waals surface area contributed by atoms with Crippen molar-refractivity contribution in [1.82, 2.24) is 16.0 Å². The van der Waals surface area contributed by atoms with Crippen LogP contribution in [0.1, 0.15) is 46.2 Å². The average molecular weight is 353 g/mol. The van der Waals surface area contributed by atoms with Crippen LogP contribution in [-0.4, -0.2) is 31.5 Å². The summed E-state index contributed by atoms with van der Waals surface area (Å²) in [6.07, 6.45) is 0. The zero-order chi connectivity index (χ0) is 18.2. The number of halogens is 1. The Hall–Kier alpha value is -1.75. The van der Waals surface area contributed by atoms with E-state index in [1.165, 1.54) is 0 Å². The SMILES string of the molecule is CCNC(=NCCNC(=O)C(C)(C)C)NC(C)c1ccc(Cl)cc1. The monoisotopic (exact) mass is 352 g/mol. The molecule has 1 aromatic carbocycles. The lowest BCUT2D eigenvalue weighted by atomic mass is 9.96. The molecule has 0 aliphatic carbocycles. The van der Waals surface area contributed by atoms with Crippen molar-refractivity contribution in [3.63, 3.8) is 0 Å². The van der Waals surface area contributed by atoms with Gasteiger partial charge < -0.3 is 16.0 Å². The predicted octanol–water partition coefficient (Wildman–Crippen LogP) is 3.12. The lowest BCUT2D eigenvalue weighted by Crippen LogP contribution is -2.40. The highest BCUT2D eigenvalue weighted by atomic mass is 35.5. The lowest BCUT2D eigenvalue weighted by molar-refractivity contribution is -0.128. The molecule has 0 aliphatic rings. The summed E-state index contributed by atoms with van der Waals surface area (Å²) in [5.41, 5.74) is 0.751. The van der Waals surface area contributed by atoms with Gasteiger partial charge in [0.05, 0.1) is 12.6 Å². The van der Waals surface area contributed by atoms with Crippen molar-refractivity contribution < 1.29 is 4.79 Å². The number of benzene rings is 1. The molecule has 5 nitrogen and oxygen atoms in total. The van der Waals surface area contributed by atoms with E-state index < -0.39 is 0 Å². The van der Waals surface area contributed by atoms with Gasteiger partial charge in [0.2, 0.25) is 5.91 Å². The minimum absolute atomic E-state index is 0.0326. The van der Waals surface area contributed by atoms with Gasteiger partial charge in [0.15, 0.2) is 5.96 Å². The second-order valence-corrected chi connectivity index (χ2v) is 7.12. The van der Waals surface area contributed by atoms with Gasteiger partial charge in [-0.15, -0.1) is 0 Å². The van der Waals surface area contributed by atoms with Gasteiger partial charge in [-0.05, 0) is 31.5 Å². The van der Waals surface area contributed by atoms with Crippen molar-refractivity contribution in [3.05, 3.63) is 34.9 Å². The van der Waals surface area contributed by atoms with E-state index in [1.807, 2.05) is 52.0 Å². The molecule has 1 unspecified atom stereocenters. The third-order valence-corrected chi connectivity index (χ3v) is 3.67. The number of nitrogens with zero attached hydrogens (tertiary/aromatic N) is 1. The molecule has 1 atom stereocenters. The molecule has 0 radical (unpaired) electrons. The van der Waals surface area contributed by atoms with E-state index in [1.54, 1.807) is 0 Å². The van der Waals surface area contributed by atoms with Crippen LogP contribution in [0.4, 0.5) is 0 Å². The molecule has 0 fully saturated rings. The number of hydrogen-bond donors (Lipinski definition) is 3. The lowest BCUT2D eigenvalue weighted by Gasteiger charge is -2.19. The largest absolute Gasteiger partial charge is 0.357 e. The smallest absolute Gasteiger partial charge is 0.225 e. The van der Waals surface area contributed by atoms with Gasteiger partial charge >= 0.3 is 0 Å². The van der Waals surface area contributed by atoms with Gasteiger partial charge in [-0.2, -0.15) is 0 Å².